The maximum Gasteiger partial charge on any atom is 0.264 e. The summed E-state index contributed by atoms with van der Waals surface area (Å²) >= 11 is 1.64. The molecule has 1 aromatic heterocycles. The molecule has 0 aliphatic carbocycles. The number of nitrogens with zero attached hydrogens (tertiary/aromatic N) is 3. The lowest BCUT2D eigenvalue weighted by atomic mass is 10.1. The molecule has 0 aromatic carbocycles. The van der Waals surface area contributed by atoms with E-state index < -0.39 is 0 Å². The number of allylic oxidation sites excluding steroid dienone is 1. The van der Waals surface area contributed by atoms with Gasteiger partial charge in [-0.3, -0.25) is 14.5 Å². The van der Waals surface area contributed by atoms with Gasteiger partial charge in [0, 0.05) is 50.6 Å². The van der Waals surface area contributed by atoms with Crippen LogP contribution in [0.1, 0.15) is 54.2 Å². The van der Waals surface area contributed by atoms with E-state index in [1.165, 1.54) is 17.7 Å². The molecule has 0 bridgehead atoms. The summed E-state index contributed by atoms with van der Waals surface area (Å²) in [5, 5.41) is 0. The smallest absolute Gasteiger partial charge is 0.264 e. The maximum absolute atomic E-state index is 12.8. The zero-order valence-electron chi connectivity index (χ0n) is 16.7. The first-order valence-electron chi connectivity index (χ1n) is 10.0. The molecule has 3 heterocycles. The summed E-state index contributed by atoms with van der Waals surface area (Å²) < 4.78 is 0. The molecular weight excluding hydrogens is 358 g/mol. The van der Waals surface area contributed by atoms with Gasteiger partial charge < -0.3 is 9.80 Å². The Bertz CT molecular complexity index is 689. The topological polar surface area (TPSA) is 43.9 Å². The molecule has 2 amide bonds. The van der Waals surface area contributed by atoms with Crippen LogP contribution in [0.4, 0.5) is 0 Å². The van der Waals surface area contributed by atoms with Gasteiger partial charge in [-0.15, -0.1) is 11.3 Å². The summed E-state index contributed by atoms with van der Waals surface area (Å²) in [5.41, 5.74) is 0. The Kier molecular flexibility index (Phi) is 6.71. The monoisotopic (exact) mass is 389 g/mol. The lowest BCUT2D eigenvalue weighted by Gasteiger charge is -2.34. The van der Waals surface area contributed by atoms with E-state index in [-0.39, 0.29) is 11.8 Å². The second kappa shape index (κ2) is 9.02. The summed E-state index contributed by atoms with van der Waals surface area (Å²) in [4.78, 5) is 32.6. The molecule has 3 rings (SSSR count). The number of hydrogen-bond acceptors (Lipinski definition) is 4. The Morgan fingerprint density at radius 1 is 1.15 bits per heavy atom. The SMILES string of the molecule is CC(=O)N1CCN(C(=O)c2ccc([C@H]3CCCN3C/C=C/C(C)C)s2)CC1. The maximum atomic E-state index is 12.8. The minimum Gasteiger partial charge on any atom is -0.339 e. The Balaban J connectivity index is 1.60. The van der Waals surface area contributed by atoms with Crippen molar-refractivity contribution in [2.45, 2.75) is 39.7 Å². The molecule has 0 radical (unpaired) electrons. The van der Waals surface area contributed by atoms with Gasteiger partial charge in [0.2, 0.25) is 5.91 Å². The number of thiophene rings is 1. The molecule has 5 nitrogen and oxygen atoms in total. The fourth-order valence-corrected chi connectivity index (χ4v) is 5.01. The zero-order chi connectivity index (χ0) is 19.4. The third kappa shape index (κ3) is 4.99. The fourth-order valence-electron chi connectivity index (χ4n) is 3.86. The zero-order valence-corrected chi connectivity index (χ0v) is 17.5. The number of carbonyl (C=O) groups excluding carboxylic acids is 2. The van der Waals surface area contributed by atoms with E-state index in [0.29, 0.717) is 38.1 Å². The molecule has 1 aromatic rings. The first-order chi connectivity index (χ1) is 13.0. The molecule has 2 fully saturated rings. The van der Waals surface area contributed by atoms with Crippen LogP contribution in [-0.2, 0) is 4.79 Å². The minimum absolute atomic E-state index is 0.0911. The number of piperazine rings is 1. The third-order valence-corrected chi connectivity index (χ3v) is 6.58. The van der Waals surface area contributed by atoms with Crippen LogP contribution < -0.4 is 0 Å². The quantitative estimate of drug-likeness (QED) is 0.725. The summed E-state index contributed by atoms with van der Waals surface area (Å²) in [7, 11) is 0. The van der Waals surface area contributed by atoms with Crippen LogP contribution in [0.5, 0.6) is 0 Å². The number of hydrogen-bond donors (Lipinski definition) is 0. The summed E-state index contributed by atoms with van der Waals surface area (Å²) in [6, 6.07) is 4.56. The molecular formula is C21H31N3O2S. The number of carbonyl (C=O) groups is 2. The van der Waals surface area contributed by atoms with Crippen LogP contribution in [0, 0.1) is 5.92 Å². The fraction of sp³-hybridized carbons (Fsp3) is 0.619. The summed E-state index contributed by atoms with van der Waals surface area (Å²) in [6.07, 6.45) is 6.92. The van der Waals surface area contributed by atoms with Crippen molar-refractivity contribution >= 4 is 23.2 Å². The summed E-state index contributed by atoms with van der Waals surface area (Å²) in [5.74, 6) is 0.785. The second-order valence-electron chi connectivity index (χ2n) is 7.83. The highest BCUT2D eigenvalue weighted by Crippen LogP contribution is 2.36. The largest absolute Gasteiger partial charge is 0.339 e. The summed E-state index contributed by atoms with van der Waals surface area (Å²) in [6.45, 7) is 10.6. The van der Waals surface area contributed by atoms with E-state index in [0.717, 1.165) is 18.0 Å². The minimum atomic E-state index is 0.0911. The highest BCUT2D eigenvalue weighted by Gasteiger charge is 2.28. The van der Waals surface area contributed by atoms with Crippen LogP contribution in [0.2, 0.25) is 0 Å². The van der Waals surface area contributed by atoms with Crippen molar-refractivity contribution in [1.82, 2.24) is 14.7 Å². The molecule has 2 aliphatic rings. The Hall–Kier alpha value is -1.66. The van der Waals surface area contributed by atoms with Crippen LogP contribution in [0.15, 0.2) is 24.3 Å². The van der Waals surface area contributed by atoms with Gasteiger partial charge in [0.1, 0.15) is 0 Å². The van der Waals surface area contributed by atoms with Crippen LogP contribution in [-0.4, -0.2) is 65.8 Å². The van der Waals surface area contributed by atoms with Gasteiger partial charge in [0.05, 0.1) is 4.88 Å². The van der Waals surface area contributed by atoms with Crippen molar-refractivity contribution in [3.05, 3.63) is 34.0 Å². The lowest BCUT2D eigenvalue weighted by Crippen LogP contribution is -2.49. The average Bonchev–Trinajstić information content (AvgIpc) is 3.30. The van der Waals surface area contributed by atoms with E-state index in [9.17, 15) is 9.59 Å². The average molecular weight is 390 g/mol. The number of rotatable bonds is 5. The normalized spacial score (nSPS) is 21.6. The van der Waals surface area contributed by atoms with E-state index in [4.69, 9.17) is 0 Å². The molecule has 27 heavy (non-hydrogen) atoms. The molecule has 148 valence electrons. The highest BCUT2D eigenvalue weighted by molar-refractivity contribution is 7.14. The van der Waals surface area contributed by atoms with Crippen molar-refractivity contribution < 1.29 is 9.59 Å². The van der Waals surface area contributed by atoms with Crippen LogP contribution in [0.25, 0.3) is 0 Å². The molecule has 0 unspecified atom stereocenters. The van der Waals surface area contributed by atoms with E-state index in [2.05, 4.69) is 37.0 Å². The van der Waals surface area contributed by atoms with Gasteiger partial charge in [-0.05, 0) is 37.4 Å². The molecule has 0 N–H and O–H groups in total. The molecule has 2 saturated heterocycles. The van der Waals surface area contributed by atoms with Crippen molar-refractivity contribution in [2.24, 2.45) is 5.92 Å². The first-order valence-corrected chi connectivity index (χ1v) is 10.8. The number of likely N-dealkylation sites (tertiary alicyclic amines) is 1. The van der Waals surface area contributed by atoms with Crippen LogP contribution in [0.3, 0.4) is 0 Å². The Morgan fingerprint density at radius 2 is 1.85 bits per heavy atom. The highest BCUT2D eigenvalue weighted by atomic mass is 32.1. The van der Waals surface area contributed by atoms with E-state index in [1.54, 1.807) is 18.3 Å². The Labute approximate surface area is 166 Å². The van der Waals surface area contributed by atoms with Gasteiger partial charge in [0.15, 0.2) is 0 Å². The van der Waals surface area contributed by atoms with Gasteiger partial charge in [-0.1, -0.05) is 26.0 Å². The van der Waals surface area contributed by atoms with Gasteiger partial charge in [0.25, 0.3) is 5.91 Å². The predicted molar refractivity (Wildman–Crippen MR) is 110 cm³/mol. The molecule has 0 spiro atoms. The Morgan fingerprint density at radius 3 is 2.52 bits per heavy atom. The first kappa shape index (κ1) is 20.1. The predicted octanol–water partition coefficient (Wildman–Crippen LogP) is 3.40. The van der Waals surface area contributed by atoms with Crippen molar-refractivity contribution in [1.29, 1.82) is 0 Å². The van der Waals surface area contributed by atoms with Crippen molar-refractivity contribution in [2.75, 3.05) is 39.3 Å². The standard InChI is InChI=1S/C21H31N3O2S/c1-16(2)6-4-10-23-11-5-7-18(23)19-8-9-20(27-19)21(26)24-14-12-22(13-15-24)17(3)25/h4,6,8-9,16,18H,5,7,10-15H2,1-3H3/b6-4+/t18-/m1/s1. The van der Waals surface area contributed by atoms with E-state index >= 15 is 0 Å². The third-order valence-electron chi connectivity index (χ3n) is 5.40. The van der Waals surface area contributed by atoms with Crippen molar-refractivity contribution in [3.63, 3.8) is 0 Å². The lowest BCUT2D eigenvalue weighted by molar-refractivity contribution is -0.130. The molecule has 0 saturated carbocycles. The number of amides is 2. The van der Waals surface area contributed by atoms with E-state index in [1.807, 2.05) is 15.9 Å². The molecule has 2 aliphatic heterocycles. The van der Waals surface area contributed by atoms with Gasteiger partial charge in [-0.2, -0.15) is 0 Å². The van der Waals surface area contributed by atoms with Crippen LogP contribution >= 0.6 is 11.3 Å². The van der Waals surface area contributed by atoms with Gasteiger partial charge in [-0.25, -0.2) is 0 Å². The molecule has 6 heteroatoms. The van der Waals surface area contributed by atoms with Crippen molar-refractivity contribution in [3.8, 4) is 0 Å². The molecule has 1 atom stereocenters. The second-order valence-corrected chi connectivity index (χ2v) is 8.94. The van der Waals surface area contributed by atoms with Gasteiger partial charge >= 0.3 is 0 Å².